The van der Waals surface area contributed by atoms with E-state index in [9.17, 15) is 26.7 Å². The first-order valence-electron chi connectivity index (χ1n) is 11.9. The Morgan fingerprint density at radius 1 is 1.05 bits per heavy atom. The summed E-state index contributed by atoms with van der Waals surface area (Å²) in [5, 5.41) is 2.57. The number of alkyl halides is 3. The molecule has 3 rings (SSSR count). The summed E-state index contributed by atoms with van der Waals surface area (Å²) < 4.78 is 81.3. The van der Waals surface area contributed by atoms with Crippen LogP contribution in [0.3, 0.4) is 0 Å². The average Bonchev–Trinajstić information content (AvgIpc) is 2.74. The molecule has 2 heterocycles. The number of nitrogens with zero attached hydrogens (tertiary/aromatic N) is 2. The number of benzene rings is 1. The highest BCUT2D eigenvalue weighted by molar-refractivity contribution is 5.94. The molecule has 206 valence electrons. The van der Waals surface area contributed by atoms with Crippen LogP contribution < -0.4 is 10.1 Å². The van der Waals surface area contributed by atoms with Gasteiger partial charge in [-0.2, -0.15) is 13.2 Å². The van der Waals surface area contributed by atoms with Gasteiger partial charge in [-0.15, -0.1) is 0 Å². The third-order valence-corrected chi connectivity index (χ3v) is 5.41. The number of pyridine rings is 2. The number of aromatic nitrogens is 2. The zero-order valence-corrected chi connectivity index (χ0v) is 22.0. The van der Waals surface area contributed by atoms with E-state index in [0.29, 0.717) is 12.5 Å². The Labute approximate surface area is 217 Å². The Morgan fingerprint density at radius 2 is 1.74 bits per heavy atom. The van der Waals surface area contributed by atoms with Crippen LogP contribution in [0, 0.1) is 17.6 Å². The van der Waals surface area contributed by atoms with Crippen LogP contribution in [-0.4, -0.2) is 33.8 Å². The number of hydrogen-bond acceptors (Lipinski definition) is 5. The SMILES string of the molecule is CC(C)C[C@@](C)(COc1ncc(-c2ccnc3cc(F)cc(F)c23)cc1C(F)(F)F)NC(=O)OC(C)(C)C. The van der Waals surface area contributed by atoms with Crippen molar-refractivity contribution in [2.24, 2.45) is 5.92 Å². The lowest BCUT2D eigenvalue weighted by atomic mass is 9.91. The number of fused-ring (bicyclic) bond motifs is 1. The number of halogens is 5. The minimum Gasteiger partial charge on any atom is -0.475 e. The van der Waals surface area contributed by atoms with Crippen LogP contribution in [-0.2, 0) is 10.9 Å². The predicted molar refractivity (Wildman–Crippen MR) is 133 cm³/mol. The fraction of sp³-hybridized carbons (Fsp3) is 0.444. The lowest BCUT2D eigenvalue weighted by molar-refractivity contribution is -0.139. The Morgan fingerprint density at radius 3 is 2.34 bits per heavy atom. The molecular weight excluding hydrogens is 509 g/mol. The normalized spacial score (nSPS) is 13.9. The molecule has 1 amide bonds. The number of nitrogens with one attached hydrogen (secondary N) is 1. The molecule has 6 nitrogen and oxygen atoms in total. The largest absolute Gasteiger partial charge is 0.475 e. The van der Waals surface area contributed by atoms with Gasteiger partial charge in [0.2, 0.25) is 5.88 Å². The molecule has 1 aromatic carbocycles. The Bertz CT molecular complexity index is 1320. The molecule has 0 bridgehead atoms. The Balaban J connectivity index is 1.97. The summed E-state index contributed by atoms with van der Waals surface area (Å²) in [6.45, 7) is 10.2. The number of hydrogen-bond donors (Lipinski definition) is 1. The molecule has 38 heavy (non-hydrogen) atoms. The molecule has 0 saturated carbocycles. The smallest absolute Gasteiger partial charge is 0.421 e. The van der Waals surface area contributed by atoms with Crippen LogP contribution in [0.1, 0.15) is 53.5 Å². The topological polar surface area (TPSA) is 73.3 Å². The van der Waals surface area contributed by atoms with Crippen LogP contribution in [0.5, 0.6) is 5.88 Å². The third kappa shape index (κ3) is 7.29. The van der Waals surface area contributed by atoms with E-state index in [1.54, 1.807) is 27.7 Å². The molecule has 0 unspecified atom stereocenters. The van der Waals surface area contributed by atoms with Crippen molar-refractivity contribution >= 4 is 17.0 Å². The van der Waals surface area contributed by atoms with E-state index < -0.39 is 46.5 Å². The van der Waals surface area contributed by atoms with Crippen LogP contribution in [0.2, 0.25) is 0 Å². The number of carbonyl (C=O) groups excluding carboxylic acids is 1. The highest BCUT2D eigenvalue weighted by Gasteiger charge is 2.38. The molecule has 0 spiro atoms. The lowest BCUT2D eigenvalue weighted by Crippen LogP contribution is -2.52. The summed E-state index contributed by atoms with van der Waals surface area (Å²) in [6, 6.07) is 3.74. The second-order valence-corrected chi connectivity index (χ2v) is 10.8. The summed E-state index contributed by atoms with van der Waals surface area (Å²) in [7, 11) is 0. The van der Waals surface area contributed by atoms with Gasteiger partial charge >= 0.3 is 12.3 Å². The maximum Gasteiger partial charge on any atom is 0.421 e. The van der Waals surface area contributed by atoms with Gasteiger partial charge in [-0.05, 0) is 57.7 Å². The average molecular weight is 540 g/mol. The van der Waals surface area contributed by atoms with Gasteiger partial charge < -0.3 is 14.8 Å². The van der Waals surface area contributed by atoms with Gasteiger partial charge in [0, 0.05) is 35.5 Å². The fourth-order valence-corrected chi connectivity index (χ4v) is 4.19. The van der Waals surface area contributed by atoms with Gasteiger partial charge in [0.05, 0.1) is 11.1 Å². The molecule has 3 aromatic rings. The van der Waals surface area contributed by atoms with E-state index in [1.165, 1.54) is 12.3 Å². The van der Waals surface area contributed by atoms with E-state index in [2.05, 4.69) is 15.3 Å². The van der Waals surface area contributed by atoms with Crippen molar-refractivity contribution in [1.29, 1.82) is 0 Å². The van der Waals surface area contributed by atoms with Crippen LogP contribution in [0.4, 0.5) is 26.7 Å². The second-order valence-electron chi connectivity index (χ2n) is 10.8. The number of rotatable bonds is 7. The summed E-state index contributed by atoms with van der Waals surface area (Å²) in [4.78, 5) is 20.2. The first-order valence-corrected chi connectivity index (χ1v) is 11.9. The minimum absolute atomic E-state index is 0.0495. The highest BCUT2D eigenvalue weighted by Crippen LogP contribution is 2.39. The second kappa shape index (κ2) is 10.7. The van der Waals surface area contributed by atoms with Gasteiger partial charge in [0.1, 0.15) is 29.4 Å². The van der Waals surface area contributed by atoms with Crippen LogP contribution >= 0.6 is 0 Å². The van der Waals surface area contributed by atoms with Crippen molar-refractivity contribution in [3.05, 3.63) is 53.9 Å². The quantitative estimate of drug-likeness (QED) is 0.319. The molecule has 0 aliphatic rings. The maximum atomic E-state index is 14.6. The first kappa shape index (κ1) is 29.1. The standard InChI is InChI=1S/C27H30F5N3O3/c1-15(2)12-26(6,35-24(36)38-25(3,4)5)14-37-23-19(27(30,31)32)9-16(13-34-23)18-7-8-33-21-11-17(28)10-20(29)22(18)21/h7-11,13,15H,12,14H2,1-6H3,(H,35,36)/t26-/m0/s1. The predicted octanol–water partition coefficient (Wildman–Crippen LogP) is 7.30. The summed E-state index contributed by atoms with van der Waals surface area (Å²) >= 11 is 0. The maximum absolute atomic E-state index is 14.6. The molecular formula is C27H30F5N3O3. The van der Waals surface area contributed by atoms with Gasteiger partial charge in [0.25, 0.3) is 0 Å². The first-order chi connectivity index (χ1) is 17.5. The van der Waals surface area contributed by atoms with E-state index >= 15 is 0 Å². The Kier molecular flexibility index (Phi) is 8.18. The molecule has 0 aliphatic heterocycles. The fourth-order valence-electron chi connectivity index (χ4n) is 4.19. The zero-order valence-electron chi connectivity index (χ0n) is 22.0. The lowest BCUT2D eigenvalue weighted by Gasteiger charge is -2.33. The van der Waals surface area contributed by atoms with Crippen LogP contribution in [0.15, 0.2) is 36.7 Å². The number of alkyl carbamates (subject to hydrolysis) is 1. The molecule has 2 aromatic heterocycles. The minimum atomic E-state index is -4.86. The van der Waals surface area contributed by atoms with E-state index in [-0.39, 0.29) is 34.6 Å². The molecule has 1 N–H and O–H groups in total. The van der Waals surface area contributed by atoms with Crippen molar-refractivity contribution in [2.75, 3.05) is 6.61 Å². The van der Waals surface area contributed by atoms with Crippen molar-refractivity contribution in [1.82, 2.24) is 15.3 Å². The van der Waals surface area contributed by atoms with E-state index in [0.717, 1.165) is 18.3 Å². The Hall–Kier alpha value is -3.50. The third-order valence-electron chi connectivity index (χ3n) is 5.41. The number of amides is 1. The van der Waals surface area contributed by atoms with Gasteiger partial charge in [-0.25, -0.2) is 18.6 Å². The summed E-state index contributed by atoms with van der Waals surface area (Å²) in [6.07, 6.45) is -2.85. The summed E-state index contributed by atoms with van der Waals surface area (Å²) in [5.41, 5.74) is -3.08. The van der Waals surface area contributed by atoms with Crippen molar-refractivity contribution in [3.8, 4) is 17.0 Å². The number of ether oxygens (including phenoxy) is 2. The molecule has 11 heteroatoms. The van der Waals surface area contributed by atoms with Gasteiger partial charge in [-0.1, -0.05) is 13.8 Å². The van der Waals surface area contributed by atoms with Crippen molar-refractivity contribution in [3.63, 3.8) is 0 Å². The van der Waals surface area contributed by atoms with E-state index in [4.69, 9.17) is 9.47 Å². The number of carbonyl (C=O) groups is 1. The van der Waals surface area contributed by atoms with Crippen molar-refractivity contribution < 1.29 is 36.2 Å². The van der Waals surface area contributed by atoms with Crippen LogP contribution in [0.25, 0.3) is 22.0 Å². The molecule has 0 fully saturated rings. The van der Waals surface area contributed by atoms with Gasteiger partial charge in [-0.3, -0.25) is 4.98 Å². The highest BCUT2D eigenvalue weighted by atomic mass is 19.4. The van der Waals surface area contributed by atoms with Gasteiger partial charge in [0.15, 0.2) is 0 Å². The van der Waals surface area contributed by atoms with Crippen molar-refractivity contribution in [2.45, 2.75) is 65.3 Å². The molecule has 0 radical (unpaired) electrons. The zero-order chi connectivity index (χ0) is 28.5. The molecule has 0 aliphatic carbocycles. The molecule has 0 saturated heterocycles. The monoisotopic (exact) mass is 539 g/mol. The summed E-state index contributed by atoms with van der Waals surface area (Å²) in [5.74, 6) is -2.46. The van der Waals surface area contributed by atoms with E-state index in [1.807, 2.05) is 13.8 Å². The molecule has 1 atom stereocenters.